The second kappa shape index (κ2) is 2.30. The van der Waals surface area contributed by atoms with Gasteiger partial charge in [-0.15, -0.1) is 0 Å². The molecule has 10 heavy (non-hydrogen) atoms. The van der Waals surface area contributed by atoms with Crippen LogP contribution in [0.4, 0.5) is 0 Å². The summed E-state index contributed by atoms with van der Waals surface area (Å²) in [6.07, 6.45) is 0. The van der Waals surface area contributed by atoms with Crippen LogP contribution in [-0.4, -0.2) is 32.5 Å². The van der Waals surface area contributed by atoms with Gasteiger partial charge in [0.1, 0.15) is 5.60 Å². The zero-order valence-corrected chi connectivity index (χ0v) is 6.25. The number of aliphatic hydroxyl groups is 3. The molecule has 3 N–H and O–H groups in total. The quantitative estimate of drug-likeness (QED) is 0.440. The normalized spacial score (nSPS) is 13.4. The molecular weight excluding hydrogens is 136 g/mol. The Kier molecular flexibility index (Phi) is 2.20. The van der Waals surface area contributed by atoms with E-state index in [1.807, 2.05) is 0 Å². The average molecular weight is 148 g/mol. The highest BCUT2D eigenvalue weighted by atomic mass is 16.5. The average Bonchev–Trinajstić information content (AvgIpc) is 1.59. The van der Waals surface area contributed by atoms with Crippen LogP contribution in [0, 0.1) is 0 Å². The van der Waals surface area contributed by atoms with Gasteiger partial charge in [0.25, 0.3) is 0 Å². The third-order valence-corrected chi connectivity index (χ3v) is 0.986. The molecule has 0 rings (SSSR count). The summed E-state index contributed by atoms with van der Waals surface area (Å²) in [7, 11) is 0. The van der Waals surface area contributed by atoms with Crippen LogP contribution in [0.2, 0.25) is 0 Å². The number of carbonyl (C=O) groups is 1. The highest BCUT2D eigenvalue weighted by molar-refractivity contribution is 5.91. The van der Waals surface area contributed by atoms with Crippen molar-refractivity contribution in [1.82, 2.24) is 0 Å². The Balaban J connectivity index is 4.40. The predicted octanol–water partition coefficient (Wildman–Crippen LogP) is -0.973. The number of hydrogen-bond donors (Lipinski definition) is 3. The number of carbonyl (C=O) groups excluding carboxylic acids is 1. The van der Waals surface area contributed by atoms with Gasteiger partial charge in [0.15, 0.2) is 0 Å². The Hall–Kier alpha value is -0.450. The van der Waals surface area contributed by atoms with Crippen LogP contribution in [0.3, 0.4) is 0 Å². The minimum absolute atomic E-state index is 0.910. The number of Topliss-reactive ketones (excluding diaryl/α,β-unsaturated/α-hetero) is 1. The summed E-state index contributed by atoms with van der Waals surface area (Å²) in [6.45, 7) is 3.30. The van der Waals surface area contributed by atoms with Gasteiger partial charge >= 0.3 is 0 Å². The van der Waals surface area contributed by atoms with Gasteiger partial charge in [-0.3, -0.25) is 4.79 Å². The Bertz CT molecular complexity index is 121. The molecule has 0 saturated heterocycles. The van der Waals surface area contributed by atoms with Crippen molar-refractivity contribution >= 4 is 5.78 Å². The van der Waals surface area contributed by atoms with Crippen LogP contribution < -0.4 is 0 Å². The second-order valence-electron chi connectivity index (χ2n) is 2.91. The monoisotopic (exact) mass is 148 g/mol. The van der Waals surface area contributed by atoms with E-state index in [1.54, 1.807) is 0 Å². The maximum Gasteiger partial charge on any atom is 0.224 e. The largest absolute Gasteiger partial charge is 0.382 e. The maximum absolute atomic E-state index is 10.7. The van der Waals surface area contributed by atoms with Crippen LogP contribution in [0.5, 0.6) is 0 Å². The van der Waals surface area contributed by atoms with E-state index in [4.69, 9.17) is 15.3 Å². The zero-order valence-electron chi connectivity index (χ0n) is 6.25. The fourth-order valence-electron chi connectivity index (χ4n) is 0.580. The first-order valence-electron chi connectivity index (χ1n) is 2.87. The molecule has 0 aliphatic heterocycles. The third kappa shape index (κ3) is 2.43. The van der Waals surface area contributed by atoms with E-state index in [2.05, 4.69) is 0 Å². The Morgan fingerprint density at radius 1 is 1.10 bits per heavy atom. The van der Waals surface area contributed by atoms with Gasteiger partial charge in [-0.05, 0) is 20.8 Å². The lowest BCUT2D eigenvalue weighted by molar-refractivity contribution is -0.190. The molecule has 4 heteroatoms. The first-order valence-corrected chi connectivity index (χ1v) is 2.87. The van der Waals surface area contributed by atoms with E-state index < -0.39 is 17.2 Å². The number of rotatable bonds is 2. The lowest BCUT2D eigenvalue weighted by Crippen LogP contribution is -2.47. The molecular formula is C6H12O4. The molecule has 4 nitrogen and oxygen atoms in total. The van der Waals surface area contributed by atoms with Gasteiger partial charge in [-0.2, -0.15) is 0 Å². The van der Waals surface area contributed by atoms with E-state index in [0.29, 0.717) is 0 Å². The van der Waals surface area contributed by atoms with Gasteiger partial charge in [0.05, 0.1) is 0 Å². The molecule has 0 heterocycles. The van der Waals surface area contributed by atoms with Crippen molar-refractivity contribution in [3.8, 4) is 0 Å². The van der Waals surface area contributed by atoms with Crippen molar-refractivity contribution in [2.24, 2.45) is 0 Å². The van der Waals surface area contributed by atoms with Crippen molar-refractivity contribution in [3.05, 3.63) is 0 Å². The van der Waals surface area contributed by atoms with Crippen LogP contribution in [0.1, 0.15) is 20.8 Å². The SMILES string of the molecule is CC(C)(O)C(=O)C(C)(O)O. The Morgan fingerprint density at radius 2 is 1.40 bits per heavy atom. The maximum atomic E-state index is 10.7. The number of hydrogen-bond acceptors (Lipinski definition) is 4. The summed E-state index contributed by atoms with van der Waals surface area (Å²) in [5.41, 5.74) is -1.70. The van der Waals surface area contributed by atoms with Gasteiger partial charge in [0, 0.05) is 0 Å². The van der Waals surface area contributed by atoms with Gasteiger partial charge < -0.3 is 15.3 Å². The molecule has 0 atom stereocenters. The highest BCUT2D eigenvalue weighted by Crippen LogP contribution is 2.11. The minimum Gasteiger partial charge on any atom is -0.382 e. The van der Waals surface area contributed by atoms with E-state index in [-0.39, 0.29) is 0 Å². The van der Waals surface area contributed by atoms with Crippen LogP contribution in [-0.2, 0) is 4.79 Å². The molecule has 0 aliphatic carbocycles. The Labute approximate surface area is 59.1 Å². The van der Waals surface area contributed by atoms with Crippen LogP contribution >= 0.6 is 0 Å². The molecule has 0 aromatic rings. The summed E-state index contributed by atoms with van der Waals surface area (Å²) in [6, 6.07) is 0. The molecule has 0 radical (unpaired) electrons. The topological polar surface area (TPSA) is 77.8 Å². The second-order valence-corrected chi connectivity index (χ2v) is 2.91. The third-order valence-electron chi connectivity index (χ3n) is 0.986. The molecule has 0 aromatic heterocycles. The fourth-order valence-corrected chi connectivity index (χ4v) is 0.580. The molecule has 0 unspecified atom stereocenters. The lowest BCUT2D eigenvalue weighted by Gasteiger charge is -2.22. The first-order chi connectivity index (χ1) is 4.15. The van der Waals surface area contributed by atoms with E-state index >= 15 is 0 Å². The fraction of sp³-hybridized carbons (Fsp3) is 0.833. The molecule has 0 aliphatic rings. The smallest absolute Gasteiger partial charge is 0.224 e. The summed E-state index contributed by atoms with van der Waals surface area (Å²) in [5.74, 6) is -3.46. The van der Waals surface area contributed by atoms with Crippen LogP contribution in [0.15, 0.2) is 0 Å². The van der Waals surface area contributed by atoms with Crippen molar-refractivity contribution in [2.75, 3.05) is 0 Å². The minimum atomic E-state index is -2.45. The summed E-state index contributed by atoms with van der Waals surface area (Å²) >= 11 is 0. The molecule has 0 spiro atoms. The summed E-state index contributed by atoms with van der Waals surface area (Å²) in [5, 5.41) is 26.3. The first kappa shape index (κ1) is 9.55. The lowest BCUT2D eigenvalue weighted by atomic mass is 9.98. The van der Waals surface area contributed by atoms with Crippen molar-refractivity contribution in [2.45, 2.75) is 32.2 Å². The summed E-state index contributed by atoms with van der Waals surface area (Å²) < 4.78 is 0. The highest BCUT2D eigenvalue weighted by Gasteiger charge is 2.37. The molecule has 60 valence electrons. The molecule has 0 aromatic carbocycles. The van der Waals surface area contributed by atoms with Crippen molar-refractivity contribution in [1.29, 1.82) is 0 Å². The molecule has 0 fully saturated rings. The molecule has 0 saturated carbocycles. The standard InChI is InChI=1S/C6H12O4/c1-5(2,8)4(7)6(3,9)10/h8-10H,1-3H3. The molecule has 0 amide bonds. The van der Waals surface area contributed by atoms with E-state index in [9.17, 15) is 4.79 Å². The van der Waals surface area contributed by atoms with Gasteiger partial charge in [0.2, 0.25) is 11.6 Å². The Morgan fingerprint density at radius 3 is 1.40 bits per heavy atom. The van der Waals surface area contributed by atoms with E-state index in [0.717, 1.165) is 6.92 Å². The summed E-state index contributed by atoms with van der Waals surface area (Å²) in [4.78, 5) is 10.7. The van der Waals surface area contributed by atoms with Crippen LogP contribution in [0.25, 0.3) is 0 Å². The van der Waals surface area contributed by atoms with Gasteiger partial charge in [-0.1, -0.05) is 0 Å². The van der Waals surface area contributed by atoms with Gasteiger partial charge in [-0.25, -0.2) is 0 Å². The van der Waals surface area contributed by atoms with Crippen molar-refractivity contribution < 1.29 is 20.1 Å². The zero-order chi connectivity index (χ0) is 8.58. The van der Waals surface area contributed by atoms with Crippen molar-refractivity contribution in [3.63, 3.8) is 0 Å². The molecule has 0 bridgehead atoms. The van der Waals surface area contributed by atoms with E-state index in [1.165, 1.54) is 13.8 Å². The number of ketones is 1. The predicted molar refractivity (Wildman–Crippen MR) is 34.1 cm³/mol.